The van der Waals surface area contributed by atoms with Crippen molar-refractivity contribution in [1.82, 2.24) is 10.6 Å². The minimum atomic E-state index is -0.989. The van der Waals surface area contributed by atoms with Crippen LogP contribution in [0.15, 0.2) is 30.3 Å². The average molecular weight is 278 g/mol. The molecule has 5 nitrogen and oxygen atoms in total. The van der Waals surface area contributed by atoms with Crippen LogP contribution in [0.4, 0.5) is 4.79 Å². The Kier molecular flexibility index (Phi) is 7.17. The lowest BCUT2D eigenvalue weighted by Gasteiger charge is -2.14. The van der Waals surface area contributed by atoms with E-state index < -0.39 is 18.0 Å². The van der Waals surface area contributed by atoms with E-state index in [1.54, 1.807) is 0 Å². The van der Waals surface area contributed by atoms with Gasteiger partial charge in [-0.3, -0.25) is 0 Å². The van der Waals surface area contributed by atoms with E-state index in [0.29, 0.717) is 13.0 Å². The first kappa shape index (κ1) is 16.0. The molecule has 1 atom stereocenters. The van der Waals surface area contributed by atoms with E-state index in [-0.39, 0.29) is 0 Å². The molecule has 0 saturated carbocycles. The number of carboxylic acids is 1. The third-order valence-corrected chi connectivity index (χ3v) is 2.99. The molecule has 0 aliphatic carbocycles. The van der Waals surface area contributed by atoms with Gasteiger partial charge in [-0.2, -0.15) is 0 Å². The molecule has 3 N–H and O–H groups in total. The molecule has 20 heavy (non-hydrogen) atoms. The van der Waals surface area contributed by atoms with Gasteiger partial charge in [0.25, 0.3) is 0 Å². The summed E-state index contributed by atoms with van der Waals surface area (Å²) in [6, 6.07) is 8.56. The van der Waals surface area contributed by atoms with Crippen LogP contribution in [-0.2, 0) is 11.2 Å². The first-order chi connectivity index (χ1) is 9.63. The monoisotopic (exact) mass is 278 g/mol. The van der Waals surface area contributed by atoms with Gasteiger partial charge in [-0.1, -0.05) is 50.1 Å². The van der Waals surface area contributed by atoms with E-state index in [9.17, 15) is 9.59 Å². The summed E-state index contributed by atoms with van der Waals surface area (Å²) in [4.78, 5) is 22.6. The summed E-state index contributed by atoms with van der Waals surface area (Å²) < 4.78 is 0. The molecule has 0 spiro atoms. The smallest absolute Gasteiger partial charge is 0.326 e. The molecule has 0 aliphatic heterocycles. The van der Waals surface area contributed by atoms with Crippen molar-refractivity contribution in [3.8, 4) is 0 Å². The molecule has 1 rings (SSSR count). The van der Waals surface area contributed by atoms with Gasteiger partial charge in [0.2, 0.25) is 0 Å². The highest BCUT2D eigenvalue weighted by molar-refractivity contribution is 5.82. The molecule has 0 aromatic heterocycles. The largest absolute Gasteiger partial charge is 0.480 e. The molecule has 0 heterocycles. The molecular weight excluding hydrogens is 256 g/mol. The molecule has 1 aromatic carbocycles. The number of unbranched alkanes of at least 4 members (excludes halogenated alkanes) is 1. The van der Waals surface area contributed by atoms with Crippen LogP contribution in [0, 0.1) is 0 Å². The van der Waals surface area contributed by atoms with Crippen LogP contribution in [0.25, 0.3) is 0 Å². The third-order valence-electron chi connectivity index (χ3n) is 2.99. The number of amides is 2. The van der Waals surface area contributed by atoms with Gasteiger partial charge in [-0.25, -0.2) is 9.59 Å². The van der Waals surface area contributed by atoms with Gasteiger partial charge in [-0.15, -0.1) is 0 Å². The van der Waals surface area contributed by atoms with Gasteiger partial charge < -0.3 is 15.7 Å². The Morgan fingerprint density at radius 1 is 1.25 bits per heavy atom. The molecule has 1 aromatic rings. The first-order valence-electron chi connectivity index (χ1n) is 6.94. The number of urea groups is 1. The fourth-order valence-corrected chi connectivity index (χ4v) is 1.84. The number of aliphatic carboxylic acids is 1. The van der Waals surface area contributed by atoms with Crippen molar-refractivity contribution in [3.05, 3.63) is 35.9 Å². The molecule has 0 bridgehead atoms. The van der Waals surface area contributed by atoms with Gasteiger partial charge >= 0.3 is 12.0 Å². The summed E-state index contributed by atoms with van der Waals surface area (Å²) >= 11 is 0. The maximum Gasteiger partial charge on any atom is 0.326 e. The van der Waals surface area contributed by atoms with Gasteiger partial charge in [0.05, 0.1) is 0 Å². The Morgan fingerprint density at radius 3 is 2.55 bits per heavy atom. The van der Waals surface area contributed by atoms with E-state index in [2.05, 4.69) is 10.6 Å². The van der Waals surface area contributed by atoms with Crippen molar-refractivity contribution in [2.75, 3.05) is 6.54 Å². The number of benzene rings is 1. The number of hydrogen-bond acceptors (Lipinski definition) is 2. The maximum absolute atomic E-state index is 11.6. The number of hydrogen-bond donors (Lipinski definition) is 3. The lowest BCUT2D eigenvalue weighted by Crippen LogP contribution is -2.46. The second-order valence-electron chi connectivity index (χ2n) is 4.67. The molecule has 0 unspecified atom stereocenters. The number of nitrogens with one attached hydrogen (secondary N) is 2. The highest BCUT2D eigenvalue weighted by Gasteiger charge is 2.18. The van der Waals surface area contributed by atoms with Gasteiger partial charge in [-0.05, 0) is 18.4 Å². The minimum Gasteiger partial charge on any atom is -0.480 e. The van der Waals surface area contributed by atoms with Crippen LogP contribution < -0.4 is 10.6 Å². The second-order valence-corrected chi connectivity index (χ2v) is 4.67. The van der Waals surface area contributed by atoms with Crippen molar-refractivity contribution < 1.29 is 14.7 Å². The van der Waals surface area contributed by atoms with Crippen molar-refractivity contribution in [2.45, 2.75) is 38.6 Å². The Bertz CT molecular complexity index is 420. The predicted molar refractivity (Wildman–Crippen MR) is 77.6 cm³/mol. The second kappa shape index (κ2) is 8.96. The number of rotatable bonds is 8. The Hall–Kier alpha value is -2.04. The Labute approximate surface area is 119 Å². The molecule has 2 amide bonds. The normalized spacial score (nSPS) is 11.7. The van der Waals surface area contributed by atoms with E-state index in [4.69, 9.17) is 5.11 Å². The van der Waals surface area contributed by atoms with E-state index in [0.717, 1.165) is 24.8 Å². The SMILES string of the molecule is CCCC[C@H](NC(=O)NCCc1ccccc1)C(=O)O. The van der Waals surface area contributed by atoms with Crippen molar-refractivity contribution >= 4 is 12.0 Å². The standard InChI is InChI=1S/C15H22N2O3/c1-2-3-9-13(14(18)19)17-15(20)16-11-10-12-7-5-4-6-8-12/h4-8,13H,2-3,9-11H2,1H3,(H,18,19)(H2,16,17,20)/t13-/m0/s1. The van der Waals surface area contributed by atoms with Gasteiger partial charge in [0, 0.05) is 6.54 Å². The zero-order valence-corrected chi connectivity index (χ0v) is 11.8. The summed E-state index contributed by atoms with van der Waals surface area (Å²) in [5.41, 5.74) is 1.13. The lowest BCUT2D eigenvalue weighted by atomic mass is 10.1. The first-order valence-corrected chi connectivity index (χ1v) is 6.94. The third kappa shape index (κ3) is 6.22. The van der Waals surface area contributed by atoms with Gasteiger partial charge in [0.1, 0.15) is 6.04 Å². The summed E-state index contributed by atoms with van der Waals surface area (Å²) in [7, 11) is 0. The van der Waals surface area contributed by atoms with E-state index >= 15 is 0 Å². The van der Waals surface area contributed by atoms with Crippen molar-refractivity contribution in [1.29, 1.82) is 0 Å². The van der Waals surface area contributed by atoms with Crippen molar-refractivity contribution in [2.24, 2.45) is 0 Å². The number of carbonyl (C=O) groups is 2. The van der Waals surface area contributed by atoms with Crippen LogP contribution in [0.2, 0.25) is 0 Å². The zero-order valence-electron chi connectivity index (χ0n) is 11.8. The topological polar surface area (TPSA) is 78.4 Å². The van der Waals surface area contributed by atoms with Crippen LogP contribution >= 0.6 is 0 Å². The summed E-state index contributed by atoms with van der Waals surface area (Å²) in [5, 5.41) is 14.2. The highest BCUT2D eigenvalue weighted by atomic mass is 16.4. The fraction of sp³-hybridized carbons (Fsp3) is 0.467. The Morgan fingerprint density at radius 2 is 1.95 bits per heavy atom. The highest BCUT2D eigenvalue weighted by Crippen LogP contribution is 2.01. The number of carbonyl (C=O) groups excluding carboxylic acids is 1. The molecule has 110 valence electrons. The number of carboxylic acid groups (broad SMARTS) is 1. The minimum absolute atomic E-state index is 0.426. The molecule has 0 fully saturated rings. The van der Waals surface area contributed by atoms with Crippen LogP contribution in [-0.4, -0.2) is 29.7 Å². The molecular formula is C15H22N2O3. The van der Waals surface area contributed by atoms with Crippen LogP contribution in [0.5, 0.6) is 0 Å². The van der Waals surface area contributed by atoms with Gasteiger partial charge in [0.15, 0.2) is 0 Å². The fourth-order valence-electron chi connectivity index (χ4n) is 1.84. The molecule has 0 aliphatic rings. The predicted octanol–water partition coefficient (Wildman–Crippen LogP) is 2.17. The maximum atomic E-state index is 11.6. The average Bonchev–Trinajstić information content (AvgIpc) is 2.44. The van der Waals surface area contributed by atoms with E-state index in [1.165, 1.54) is 0 Å². The molecule has 5 heteroatoms. The zero-order chi connectivity index (χ0) is 14.8. The summed E-state index contributed by atoms with van der Waals surface area (Å²) in [5.74, 6) is -0.989. The Balaban J connectivity index is 2.29. The summed E-state index contributed by atoms with van der Waals surface area (Å²) in [6.07, 6.45) is 2.86. The van der Waals surface area contributed by atoms with E-state index in [1.807, 2.05) is 37.3 Å². The quantitative estimate of drug-likeness (QED) is 0.682. The van der Waals surface area contributed by atoms with Crippen molar-refractivity contribution in [3.63, 3.8) is 0 Å². The molecule has 0 radical (unpaired) electrons. The van der Waals surface area contributed by atoms with Crippen LogP contribution in [0.3, 0.4) is 0 Å². The van der Waals surface area contributed by atoms with Crippen LogP contribution in [0.1, 0.15) is 31.7 Å². The molecule has 0 saturated heterocycles. The summed E-state index contributed by atoms with van der Waals surface area (Å²) in [6.45, 7) is 2.47. The lowest BCUT2D eigenvalue weighted by molar-refractivity contribution is -0.139.